The number of aromatic nitrogens is 1. The van der Waals surface area contributed by atoms with Crippen LogP contribution in [-0.4, -0.2) is 59.0 Å². The second-order valence-corrected chi connectivity index (χ2v) is 9.54. The van der Waals surface area contributed by atoms with Gasteiger partial charge in [-0.1, -0.05) is 25.7 Å². The van der Waals surface area contributed by atoms with Gasteiger partial charge in [0.1, 0.15) is 17.1 Å². The predicted molar refractivity (Wildman–Crippen MR) is 127 cm³/mol. The summed E-state index contributed by atoms with van der Waals surface area (Å²) >= 11 is 0. The highest BCUT2D eigenvalue weighted by molar-refractivity contribution is 6.14. The lowest BCUT2D eigenvalue weighted by Gasteiger charge is -2.44. The van der Waals surface area contributed by atoms with Gasteiger partial charge in [-0.05, 0) is 38.0 Å². The van der Waals surface area contributed by atoms with E-state index in [-0.39, 0.29) is 48.9 Å². The van der Waals surface area contributed by atoms with Crippen LogP contribution in [0.25, 0.3) is 10.9 Å². The van der Waals surface area contributed by atoms with E-state index < -0.39 is 17.3 Å². The highest BCUT2D eigenvalue weighted by Gasteiger charge is 2.49. The van der Waals surface area contributed by atoms with Crippen molar-refractivity contribution in [1.82, 2.24) is 14.8 Å². The molecule has 0 spiro atoms. The van der Waals surface area contributed by atoms with Gasteiger partial charge in [0.25, 0.3) is 5.91 Å². The summed E-state index contributed by atoms with van der Waals surface area (Å²) in [6.45, 7) is 3.75. The minimum absolute atomic E-state index is 0.0815. The Morgan fingerprint density at radius 2 is 1.91 bits per heavy atom. The lowest BCUT2D eigenvalue weighted by Crippen LogP contribution is -2.65. The fourth-order valence-electron chi connectivity index (χ4n) is 5.25. The highest BCUT2D eigenvalue weighted by atomic mass is 19.1. The smallest absolute Gasteiger partial charge is 0.273 e. The molecule has 1 aliphatic carbocycles. The molecule has 3 amide bonds. The van der Waals surface area contributed by atoms with Gasteiger partial charge >= 0.3 is 0 Å². The zero-order chi connectivity index (χ0) is 24.5. The number of carbonyl (C=O) groups is 3. The molecule has 9 heteroatoms. The maximum Gasteiger partial charge on any atom is 0.273 e. The van der Waals surface area contributed by atoms with Crippen LogP contribution in [0.3, 0.4) is 0 Å². The second-order valence-electron chi connectivity index (χ2n) is 9.54. The largest absolute Gasteiger partial charge is 0.383 e. The van der Waals surface area contributed by atoms with E-state index >= 15 is 0 Å². The minimum Gasteiger partial charge on any atom is -0.383 e. The number of benzene rings is 1. The molecule has 184 valence electrons. The van der Waals surface area contributed by atoms with Crippen molar-refractivity contribution < 1.29 is 23.5 Å². The molecular formula is C25H33FN4O4. The van der Waals surface area contributed by atoms with E-state index in [0.717, 1.165) is 25.7 Å². The summed E-state index contributed by atoms with van der Waals surface area (Å²) in [4.78, 5) is 41.1. The van der Waals surface area contributed by atoms with Crippen LogP contribution in [0.2, 0.25) is 0 Å². The lowest BCUT2D eigenvalue weighted by molar-refractivity contribution is -0.134. The normalized spacial score (nSPS) is 21.3. The van der Waals surface area contributed by atoms with Gasteiger partial charge in [0.05, 0.1) is 24.4 Å². The zero-order valence-corrected chi connectivity index (χ0v) is 20.1. The van der Waals surface area contributed by atoms with Gasteiger partial charge in [0.2, 0.25) is 11.8 Å². The molecule has 1 aliphatic heterocycles. The number of ether oxygens (including phenoxy) is 1. The van der Waals surface area contributed by atoms with E-state index in [9.17, 15) is 18.8 Å². The Morgan fingerprint density at radius 1 is 1.21 bits per heavy atom. The Morgan fingerprint density at radius 3 is 2.56 bits per heavy atom. The van der Waals surface area contributed by atoms with E-state index in [1.165, 1.54) is 36.8 Å². The zero-order valence-electron chi connectivity index (χ0n) is 20.1. The van der Waals surface area contributed by atoms with Crippen LogP contribution in [0.15, 0.2) is 18.2 Å². The molecule has 4 rings (SSSR count). The number of halogens is 1. The van der Waals surface area contributed by atoms with Crippen molar-refractivity contribution in [3.8, 4) is 0 Å². The number of anilines is 1. The van der Waals surface area contributed by atoms with E-state index in [1.54, 1.807) is 24.7 Å². The molecule has 0 radical (unpaired) electrons. The van der Waals surface area contributed by atoms with E-state index in [2.05, 4.69) is 10.6 Å². The fourth-order valence-corrected chi connectivity index (χ4v) is 5.25. The van der Waals surface area contributed by atoms with Crippen LogP contribution in [0.1, 0.15) is 62.9 Å². The number of carbonyl (C=O) groups excluding carboxylic acids is 3. The van der Waals surface area contributed by atoms with Crippen molar-refractivity contribution >= 4 is 34.3 Å². The van der Waals surface area contributed by atoms with E-state index in [1.807, 2.05) is 0 Å². The molecule has 1 saturated carbocycles. The summed E-state index contributed by atoms with van der Waals surface area (Å²) in [7, 11) is 1.54. The third-order valence-electron chi connectivity index (χ3n) is 7.03. The van der Waals surface area contributed by atoms with E-state index in [0.29, 0.717) is 10.9 Å². The standard InChI is InChI=1S/C25H33FN4O4/c1-16(31)27-21-19-14-17(26)10-11-20(19)29-15-25(2,30(12-13-34-3)23(32)22(21)29)24(33)28-18-8-6-4-5-7-9-18/h10-11,14,18H,4-9,12-13,15H2,1-3H3,(H,27,31)(H,28,33)/t25-/m0/s1. The molecule has 0 saturated heterocycles. The molecule has 34 heavy (non-hydrogen) atoms. The van der Waals surface area contributed by atoms with Crippen molar-refractivity contribution in [3.05, 3.63) is 29.7 Å². The SMILES string of the molecule is COCCN1C(=O)c2c(NC(C)=O)c3cc(F)ccc3n2C[C@@]1(C)C(=O)NC1CCCCCC1. The number of nitrogens with one attached hydrogen (secondary N) is 2. The molecule has 1 aromatic carbocycles. The van der Waals surface area contributed by atoms with Gasteiger partial charge < -0.3 is 24.8 Å². The summed E-state index contributed by atoms with van der Waals surface area (Å²) in [5.74, 6) is -1.45. The van der Waals surface area contributed by atoms with Gasteiger partial charge in [0, 0.05) is 32.0 Å². The minimum atomic E-state index is -1.18. The molecule has 2 aliphatic rings. The number of hydrogen-bond acceptors (Lipinski definition) is 4. The number of amides is 3. The summed E-state index contributed by atoms with van der Waals surface area (Å²) < 4.78 is 21.1. The van der Waals surface area contributed by atoms with Crippen molar-refractivity contribution in [2.45, 2.75) is 70.5 Å². The Bertz CT molecular complexity index is 1110. The third-order valence-corrected chi connectivity index (χ3v) is 7.03. The van der Waals surface area contributed by atoms with Crippen LogP contribution in [0.4, 0.5) is 10.1 Å². The first-order valence-corrected chi connectivity index (χ1v) is 12.0. The van der Waals surface area contributed by atoms with Crippen molar-refractivity contribution in [1.29, 1.82) is 0 Å². The summed E-state index contributed by atoms with van der Waals surface area (Å²) in [5.41, 5.74) is -0.0800. The average Bonchev–Trinajstić information content (AvgIpc) is 2.93. The highest BCUT2D eigenvalue weighted by Crippen LogP contribution is 2.39. The van der Waals surface area contributed by atoms with Crippen LogP contribution < -0.4 is 10.6 Å². The quantitative estimate of drug-likeness (QED) is 0.630. The van der Waals surface area contributed by atoms with Crippen LogP contribution in [0, 0.1) is 5.82 Å². The van der Waals surface area contributed by atoms with Gasteiger partial charge in [-0.25, -0.2) is 4.39 Å². The van der Waals surface area contributed by atoms with E-state index in [4.69, 9.17) is 4.74 Å². The molecule has 1 aromatic heterocycles. The number of rotatable bonds is 6. The topological polar surface area (TPSA) is 92.7 Å². The fraction of sp³-hybridized carbons (Fsp3) is 0.560. The third kappa shape index (κ3) is 4.41. The molecule has 2 heterocycles. The lowest BCUT2D eigenvalue weighted by atomic mass is 9.93. The molecule has 1 fully saturated rings. The first kappa shape index (κ1) is 24.2. The summed E-state index contributed by atoms with van der Waals surface area (Å²) in [5, 5.41) is 6.35. The number of methoxy groups -OCH3 is 1. The molecule has 0 unspecified atom stereocenters. The molecule has 1 atom stereocenters. The molecule has 2 N–H and O–H groups in total. The maximum atomic E-state index is 14.1. The second kappa shape index (κ2) is 9.74. The van der Waals surface area contributed by atoms with Crippen molar-refractivity contribution in [3.63, 3.8) is 0 Å². The summed E-state index contributed by atoms with van der Waals surface area (Å²) in [6.07, 6.45) is 6.35. The van der Waals surface area contributed by atoms with Gasteiger partial charge in [0.15, 0.2) is 0 Å². The van der Waals surface area contributed by atoms with Crippen LogP contribution in [-0.2, 0) is 20.9 Å². The molecule has 8 nitrogen and oxygen atoms in total. The molecule has 2 aromatic rings. The Kier molecular flexibility index (Phi) is 6.93. The predicted octanol–water partition coefficient (Wildman–Crippen LogP) is 3.44. The van der Waals surface area contributed by atoms with Gasteiger partial charge in [-0.2, -0.15) is 0 Å². The number of fused-ring (bicyclic) bond motifs is 3. The summed E-state index contributed by atoms with van der Waals surface area (Å²) in [6, 6.07) is 4.29. The number of hydrogen-bond donors (Lipinski definition) is 2. The van der Waals surface area contributed by atoms with Crippen molar-refractivity contribution in [2.75, 3.05) is 25.6 Å². The Balaban J connectivity index is 1.79. The molecular weight excluding hydrogens is 439 g/mol. The first-order chi connectivity index (χ1) is 16.3. The van der Waals surface area contributed by atoms with Gasteiger partial charge in [-0.15, -0.1) is 0 Å². The Labute approximate surface area is 198 Å². The first-order valence-electron chi connectivity index (χ1n) is 12.0. The van der Waals surface area contributed by atoms with Crippen molar-refractivity contribution in [2.24, 2.45) is 0 Å². The average molecular weight is 473 g/mol. The maximum absolute atomic E-state index is 14.1. The molecule has 0 bridgehead atoms. The number of nitrogens with zero attached hydrogens (tertiary/aromatic N) is 2. The van der Waals surface area contributed by atoms with Crippen LogP contribution in [0.5, 0.6) is 0 Å². The van der Waals surface area contributed by atoms with Crippen LogP contribution >= 0.6 is 0 Å². The van der Waals surface area contributed by atoms with Gasteiger partial charge in [-0.3, -0.25) is 14.4 Å². The monoisotopic (exact) mass is 472 g/mol. The Hall–Kier alpha value is -2.94.